The van der Waals surface area contributed by atoms with E-state index in [0.29, 0.717) is 18.4 Å². The SMILES string of the molecule is O=CCC(NCc1cccc2ccccc12)(C(=O)O)c1ccccc1. The lowest BCUT2D eigenvalue weighted by Gasteiger charge is -2.30. The molecule has 0 fully saturated rings. The van der Waals surface area contributed by atoms with Gasteiger partial charge in [0.25, 0.3) is 0 Å². The summed E-state index contributed by atoms with van der Waals surface area (Å²) in [5, 5.41) is 15.2. The van der Waals surface area contributed by atoms with Crippen molar-refractivity contribution in [2.75, 3.05) is 0 Å². The van der Waals surface area contributed by atoms with Crippen LogP contribution in [-0.2, 0) is 21.7 Å². The average Bonchev–Trinajstić information content (AvgIpc) is 2.65. The zero-order valence-corrected chi connectivity index (χ0v) is 13.7. The highest BCUT2D eigenvalue weighted by Crippen LogP contribution is 2.27. The van der Waals surface area contributed by atoms with Crippen LogP contribution in [0.1, 0.15) is 17.5 Å². The predicted molar refractivity (Wildman–Crippen MR) is 97.2 cm³/mol. The number of aliphatic carboxylic acids is 1. The number of carboxylic acids is 1. The molecule has 0 aliphatic heterocycles. The summed E-state index contributed by atoms with van der Waals surface area (Å²) in [5.74, 6) is -1.06. The smallest absolute Gasteiger partial charge is 0.329 e. The van der Waals surface area contributed by atoms with Gasteiger partial charge >= 0.3 is 5.97 Å². The van der Waals surface area contributed by atoms with Gasteiger partial charge in [-0.15, -0.1) is 0 Å². The van der Waals surface area contributed by atoms with Crippen LogP contribution in [-0.4, -0.2) is 17.4 Å². The van der Waals surface area contributed by atoms with Gasteiger partial charge in [-0.25, -0.2) is 4.79 Å². The summed E-state index contributed by atoms with van der Waals surface area (Å²) in [4.78, 5) is 23.3. The number of carbonyl (C=O) groups excluding carboxylic acids is 1. The van der Waals surface area contributed by atoms with Crippen LogP contribution >= 0.6 is 0 Å². The standard InChI is InChI=1S/C21H19NO3/c23-14-13-21(20(24)25,18-10-2-1-3-11-18)22-15-17-9-6-8-16-7-4-5-12-19(16)17/h1-12,14,22H,13,15H2,(H,24,25). The van der Waals surface area contributed by atoms with Crippen LogP contribution < -0.4 is 5.32 Å². The molecule has 0 saturated carbocycles. The Bertz CT molecular complexity index is 887. The number of hydrogen-bond acceptors (Lipinski definition) is 3. The fourth-order valence-electron chi connectivity index (χ4n) is 3.12. The van der Waals surface area contributed by atoms with Gasteiger partial charge in [0.15, 0.2) is 0 Å². The van der Waals surface area contributed by atoms with Crippen LogP contribution in [0.2, 0.25) is 0 Å². The molecule has 0 saturated heterocycles. The fourth-order valence-corrected chi connectivity index (χ4v) is 3.12. The molecule has 25 heavy (non-hydrogen) atoms. The van der Waals surface area contributed by atoms with Gasteiger partial charge in [0.1, 0.15) is 11.8 Å². The maximum atomic E-state index is 12.1. The van der Waals surface area contributed by atoms with E-state index in [2.05, 4.69) is 5.32 Å². The molecule has 4 heteroatoms. The van der Waals surface area contributed by atoms with Crippen LogP contribution in [0.4, 0.5) is 0 Å². The summed E-state index contributed by atoms with van der Waals surface area (Å²) < 4.78 is 0. The minimum atomic E-state index is -1.44. The van der Waals surface area contributed by atoms with E-state index in [1.165, 1.54) is 0 Å². The van der Waals surface area contributed by atoms with E-state index in [0.717, 1.165) is 16.3 Å². The molecule has 0 bridgehead atoms. The number of fused-ring (bicyclic) bond motifs is 1. The molecule has 2 N–H and O–H groups in total. The molecular weight excluding hydrogens is 314 g/mol. The van der Waals surface area contributed by atoms with Gasteiger partial charge in [0.05, 0.1) is 0 Å². The molecule has 3 aromatic carbocycles. The lowest BCUT2D eigenvalue weighted by molar-refractivity contribution is -0.146. The second-order valence-electron chi connectivity index (χ2n) is 5.94. The van der Waals surface area contributed by atoms with Gasteiger partial charge < -0.3 is 9.90 Å². The van der Waals surface area contributed by atoms with E-state index in [1.54, 1.807) is 24.3 Å². The molecule has 126 valence electrons. The molecule has 3 rings (SSSR count). The summed E-state index contributed by atoms with van der Waals surface area (Å²) in [7, 11) is 0. The van der Waals surface area contributed by atoms with Crippen LogP contribution in [0.25, 0.3) is 10.8 Å². The van der Waals surface area contributed by atoms with Crippen LogP contribution in [0, 0.1) is 0 Å². The first-order chi connectivity index (χ1) is 12.2. The van der Waals surface area contributed by atoms with Crippen molar-refractivity contribution in [3.63, 3.8) is 0 Å². The molecular formula is C21H19NO3. The molecule has 0 heterocycles. The van der Waals surface area contributed by atoms with E-state index >= 15 is 0 Å². The highest BCUT2D eigenvalue weighted by atomic mass is 16.4. The highest BCUT2D eigenvalue weighted by Gasteiger charge is 2.39. The monoisotopic (exact) mass is 333 g/mol. The summed E-state index contributed by atoms with van der Waals surface area (Å²) in [6.07, 6.45) is 0.508. The Morgan fingerprint density at radius 3 is 2.36 bits per heavy atom. The number of carboxylic acid groups (broad SMARTS) is 1. The average molecular weight is 333 g/mol. The van der Waals surface area contributed by atoms with Crippen molar-refractivity contribution in [3.05, 3.63) is 83.9 Å². The molecule has 0 amide bonds. The van der Waals surface area contributed by atoms with Crippen LogP contribution in [0.3, 0.4) is 0 Å². The quantitative estimate of drug-likeness (QED) is 0.650. The Balaban J connectivity index is 1.98. The summed E-state index contributed by atoms with van der Waals surface area (Å²) in [5.41, 5.74) is 0.111. The zero-order valence-electron chi connectivity index (χ0n) is 13.7. The minimum absolute atomic E-state index is 0.142. The zero-order chi connectivity index (χ0) is 17.7. The topological polar surface area (TPSA) is 66.4 Å². The van der Waals surface area contributed by atoms with E-state index in [1.807, 2.05) is 48.5 Å². The highest BCUT2D eigenvalue weighted by molar-refractivity contribution is 5.86. The fraction of sp³-hybridized carbons (Fsp3) is 0.143. The molecule has 1 atom stereocenters. The number of hydrogen-bond donors (Lipinski definition) is 2. The van der Waals surface area contributed by atoms with Gasteiger partial charge in [-0.3, -0.25) is 5.32 Å². The van der Waals surface area contributed by atoms with E-state index < -0.39 is 11.5 Å². The molecule has 1 unspecified atom stereocenters. The first-order valence-corrected chi connectivity index (χ1v) is 8.11. The number of benzene rings is 3. The third-order valence-corrected chi connectivity index (χ3v) is 4.48. The molecule has 0 aromatic heterocycles. The van der Waals surface area contributed by atoms with Gasteiger partial charge in [0.2, 0.25) is 0 Å². The molecule has 0 aliphatic rings. The molecule has 4 nitrogen and oxygen atoms in total. The Kier molecular flexibility index (Phi) is 4.91. The van der Waals surface area contributed by atoms with Gasteiger partial charge in [-0.1, -0.05) is 72.8 Å². The first kappa shape index (κ1) is 16.9. The van der Waals surface area contributed by atoms with E-state index in [-0.39, 0.29) is 6.42 Å². The Morgan fingerprint density at radius 1 is 0.960 bits per heavy atom. The van der Waals surface area contributed by atoms with Crippen molar-refractivity contribution in [3.8, 4) is 0 Å². The second-order valence-corrected chi connectivity index (χ2v) is 5.94. The third kappa shape index (κ3) is 3.30. The molecule has 0 radical (unpaired) electrons. The van der Waals surface area contributed by atoms with Crippen molar-refractivity contribution in [2.45, 2.75) is 18.5 Å². The normalized spacial score (nSPS) is 13.3. The van der Waals surface area contributed by atoms with Crippen molar-refractivity contribution in [1.29, 1.82) is 0 Å². The van der Waals surface area contributed by atoms with E-state index in [9.17, 15) is 14.7 Å². The third-order valence-electron chi connectivity index (χ3n) is 4.48. The van der Waals surface area contributed by atoms with Crippen LogP contribution in [0.15, 0.2) is 72.8 Å². The largest absolute Gasteiger partial charge is 0.480 e. The van der Waals surface area contributed by atoms with Gasteiger partial charge in [-0.2, -0.15) is 0 Å². The summed E-state index contributed by atoms with van der Waals surface area (Å²) in [6.45, 7) is 0.344. The van der Waals surface area contributed by atoms with Gasteiger partial charge in [0, 0.05) is 13.0 Å². The van der Waals surface area contributed by atoms with Gasteiger partial charge in [-0.05, 0) is 21.9 Å². The predicted octanol–water partition coefficient (Wildman–Crippen LogP) is 3.50. The minimum Gasteiger partial charge on any atom is -0.480 e. The lowest BCUT2D eigenvalue weighted by atomic mass is 9.86. The second kappa shape index (κ2) is 7.28. The number of rotatable bonds is 7. The van der Waals surface area contributed by atoms with Crippen molar-refractivity contribution in [2.24, 2.45) is 0 Å². The van der Waals surface area contributed by atoms with Crippen molar-refractivity contribution < 1.29 is 14.7 Å². The Labute approximate surface area is 146 Å². The number of aldehydes is 1. The maximum Gasteiger partial charge on any atom is 0.329 e. The molecule has 0 aliphatic carbocycles. The van der Waals surface area contributed by atoms with Crippen molar-refractivity contribution >= 4 is 23.0 Å². The number of nitrogens with one attached hydrogen (secondary N) is 1. The first-order valence-electron chi connectivity index (χ1n) is 8.11. The molecule has 3 aromatic rings. The maximum absolute atomic E-state index is 12.1. The lowest BCUT2D eigenvalue weighted by Crippen LogP contribution is -2.49. The summed E-state index contributed by atoms with van der Waals surface area (Å²) in [6, 6.07) is 22.7. The van der Waals surface area contributed by atoms with Crippen molar-refractivity contribution in [1.82, 2.24) is 5.32 Å². The number of carbonyl (C=O) groups is 2. The molecule has 0 spiro atoms. The Morgan fingerprint density at radius 2 is 1.64 bits per heavy atom. The summed E-state index contributed by atoms with van der Waals surface area (Å²) >= 11 is 0. The van der Waals surface area contributed by atoms with Crippen LogP contribution in [0.5, 0.6) is 0 Å². The Hall–Kier alpha value is -2.98. The van der Waals surface area contributed by atoms with E-state index in [4.69, 9.17) is 0 Å².